The van der Waals surface area contributed by atoms with Crippen molar-refractivity contribution in [2.24, 2.45) is 0 Å². The van der Waals surface area contributed by atoms with Gasteiger partial charge in [0.1, 0.15) is 5.75 Å². The molecule has 0 atom stereocenters. The average molecular weight is 479 g/mol. The molecule has 0 saturated heterocycles. The predicted molar refractivity (Wildman–Crippen MR) is 134 cm³/mol. The van der Waals surface area contributed by atoms with Crippen molar-refractivity contribution in [1.29, 1.82) is 0 Å². The van der Waals surface area contributed by atoms with Gasteiger partial charge in [-0.2, -0.15) is 8.42 Å². The van der Waals surface area contributed by atoms with E-state index in [0.717, 1.165) is 61.8 Å². The summed E-state index contributed by atoms with van der Waals surface area (Å²) in [6.45, 7) is 3.31. The number of amides is 1. The number of carbonyl (C=O) groups excluding carboxylic acids is 1. The molecule has 4 rings (SSSR count). The number of hydrogen-bond donors (Lipinski definition) is 1. The number of fused-ring (bicyclic) bond motifs is 1. The van der Waals surface area contributed by atoms with E-state index in [4.69, 9.17) is 4.18 Å². The Morgan fingerprint density at radius 1 is 0.941 bits per heavy atom. The van der Waals surface area contributed by atoms with E-state index in [1.165, 1.54) is 5.56 Å². The summed E-state index contributed by atoms with van der Waals surface area (Å²) in [6, 6.07) is 23.3. The van der Waals surface area contributed by atoms with Gasteiger partial charge in [0.15, 0.2) is 0 Å². The van der Waals surface area contributed by atoms with Crippen LogP contribution in [0.2, 0.25) is 0 Å². The van der Waals surface area contributed by atoms with Gasteiger partial charge in [-0.15, -0.1) is 0 Å². The molecule has 0 fully saturated rings. The third-order valence-electron chi connectivity index (χ3n) is 5.96. The van der Waals surface area contributed by atoms with Crippen molar-refractivity contribution < 1.29 is 17.4 Å². The first-order chi connectivity index (χ1) is 16.4. The highest BCUT2D eigenvalue weighted by molar-refractivity contribution is 7.86. The number of nitrogens with one attached hydrogen (secondary N) is 1. The van der Waals surface area contributed by atoms with E-state index in [2.05, 4.69) is 22.3 Å². The number of nitrogens with zero attached hydrogens (tertiary/aromatic N) is 1. The van der Waals surface area contributed by atoms with Gasteiger partial charge in [0, 0.05) is 25.2 Å². The predicted octanol–water partition coefficient (Wildman–Crippen LogP) is 4.26. The maximum atomic E-state index is 12.4. The zero-order valence-electron chi connectivity index (χ0n) is 19.4. The minimum atomic E-state index is -3.53. The maximum Gasteiger partial charge on any atom is 0.306 e. The van der Waals surface area contributed by atoms with Gasteiger partial charge in [-0.05, 0) is 72.3 Å². The fraction of sp³-hybridized carbons (Fsp3) is 0.296. The lowest BCUT2D eigenvalue weighted by atomic mass is 9.99. The second kappa shape index (κ2) is 10.8. The van der Waals surface area contributed by atoms with Gasteiger partial charge >= 0.3 is 10.1 Å². The Labute approximate surface area is 201 Å². The van der Waals surface area contributed by atoms with Crippen LogP contribution in [-0.2, 0) is 23.1 Å². The zero-order valence-corrected chi connectivity index (χ0v) is 20.2. The Bertz CT molecular complexity index is 1230. The van der Waals surface area contributed by atoms with Crippen LogP contribution in [0, 0.1) is 0 Å². The van der Waals surface area contributed by atoms with Gasteiger partial charge < -0.3 is 9.50 Å². The molecule has 34 heavy (non-hydrogen) atoms. The highest BCUT2D eigenvalue weighted by atomic mass is 32.2. The summed E-state index contributed by atoms with van der Waals surface area (Å²) in [7, 11) is -3.53. The van der Waals surface area contributed by atoms with Crippen LogP contribution in [-0.4, -0.2) is 45.1 Å². The summed E-state index contributed by atoms with van der Waals surface area (Å²) < 4.78 is 27.8. The van der Waals surface area contributed by atoms with Gasteiger partial charge in [-0.25, -0.2) is 0 Å². The zero-order chi connectivity index (χ0) is 24.0. The second-order valence-corrected chi connectivity index (χ2v) is 10.2. The number of benzene rings is 3. The van der Waals surface area contributed by atoms with Gasteiger partial charge in [0.2, 0.25) is 0 Å². The Morgan fingerprint density at radius 2 is 1.68 bits per heavy atom. The van der Waals surface area contributed by atoms with Gasteiger partial charge in [-0.1, -0.05) is 48.5 Å². The highest BCUT2D eigenvalue weighted by Crippen LogP contribution is 2.25. The summed E-state index contributed by atoms with van der Waals surface area (Å²) in [4.78, 5) is 14.8. The van der Waals surface area contributed by atoms with Crippen LogP contribution in [0.1, 0.15) is 34.3 Å². The summed E-state index contributed by atoms with van der Waals surface area (Å²) in [6.07, 6.45) is 3.86. The van der Waals surface area contributed by atoms with Crippen LogP contribution in [0.15, 0.2) is 72.8 Å². The van der Waals surface area contributed by atoms with Crippen molar-refractivity contribution in [2.45, 2.75) is 25.8 Å². The Kier molecular flexibility index (Phi) is 7.65. The molecule has 1 aliphatic heterocycles. The van der Waals surface area contributed by atoms with E-state index in [-0.39, 0.29) is 5.91 Å². The average Bonchev–Trinajstić information content (AvgIpc) is 2.83. The van der Waals surface area contributed by atoms with Crippen molar-refractivity contribution in [3.63, 3.8) is 0 Å². The van der Waals surface area contributed by atoms with Crippen LogP contribution < -0.4 is 9.50 Å². The summed E-state index contributed by atoms with van der Waals surface area (Å²) in [5.41, 5.74) is 5.24. The van der Waals surface area contributed by atoms with Gasteiger partial charge in [0.25, 0.3) is 5.91 Å². The first-order valence-corrected chi connectivity index (χ1v) is 13.4. The first-order valence-electron chi connectivity index (χ1n) is 11.5. The van der Waals surface area contributed by atoms with E-state index in [1.54, 1.807) is 6.07 Å². The van der Waals surface area contributed by atoms with E-state index in [9.17, 15) is 13.2 Å². The summed E-state index contributed by atoms with van der Waals surface area (Å²) in [5.74, 6) is 0.313. The third-order valence-corrected chi connectivity index (χ3v) is 6.45. The number of carbonyl (C=O) groups is 1. The quantitative estimate of drug-likeness (QED) is 0.367. The molecule has 1 N–H and O–H groups in total. The monoisotopic (exact) mass is 478 g/mol. The van der Waals surface area contributed by atoms with Crippen molar-refractivity contribution in [2.75, 3.05) is 25.9 Å². The first kappa shape index (κ1) is 24.0. The van der Waals surface area contributed by atoms with Crippen LogP contribution in [0.4, 0.5) is 0 Å². The van der Waals surface area contributed by atoms with E-state index < -0.39 is 10.1 Å². The van der Waals surface area contributed by atoms with Crippen LogP contribution in [0.25, 0.3) is 11.1 Å². The maximum absolute atomic E-state index is 12.4. The second-order valence-electron chi connectivity index (χ2n) is 8.65. The molecule has 0 saturated carbocycles. The molecule has 6 nitrogen and oxygen atoms in total. The van der Waals surface area contributed by atoms with E-state index >= 15 is 0 Å². The topological polar surface area (TPSA) is 75.7 Å². The minimum Gasteiger partial charge on any atom is -0.383 e. The Morgan fingerprint density at radius 3 is 2.41 bits per heavy atom. The minimum absolute atomic E-state index is 0.0510. The van der Waals surface area contributed by atoms with Gasteiger partial charge in [-0.3, -0.25) is 9.69 Å². The molecule has 1 heterocycles. The molecule has 0 bridgehead atoms. The Hall–Kier alpha value is -3.16. The van der Waals surface area contributed by atoms with Crippen molar-refractivity contribution in [1.82, 2.24) is 10.2 Å². The summed E-state index contributed by atoms with van der Waals surface area (Å²) in [5, 5.41) is 3.01. The molecular formula is C27H30N2O4S. The van der Waals surface area contributed by atoms with Crippen LogP contribution in [0.5, 0.6) is 5.75 Å². The van der Waals surface area contributed by atoms with E-state index in [0.29, 0.717) is 17.9 Å². The molecule has 0 spiro atoms. The number of hydrogen-bond acceptors (Lipinski definition) is 5. The lowest BCUT2D eigenvalue weighted by molar-refractivity contribution is 0.0952. The largest absolute Gasteiger partial charge is 0.383 e. The normalized spacial score (nSPS) is 13.8. The Balaban J connectivity index is 1.19. The van der Waals surface area contributed by atoms with Crippen LogP contribution in [0.3, 0.4) is 0 Å². The molecular weight excluding hydrogens is 448 g/mol. The van der Waals surface area contributed by atoms with Crippen molar-refractivity contribution >= 4 is 16.0 Å². The molecule has 1 aliphatic rings. The fourth-order valence-corrected chi connectivity index (χ4v) is 4.67. The molecule has 0 aliphatic carbocycles. The standard InChI is InChI=1S/C27H30N2O4S/c1-34(31,32)33-26-14-13-23-15-18-29(20-25(23)19-26)17-6-5-16-28-27(30)24-11-9-22(10-12-24)21-7-3-2-4-8-21/h2-4,7-14,19H,5-6,15-18,20H2,1H3,(H,28,30). The smallest absolute Gasteiger partial charge is 0.306 e. The highest BCUT2D eigenvalue weighted by Gasteiger charge is 2.17. The molecule has 0 aromatic heterocycles. The lowest BCUT2D eigenvalue weighted by Gasteiger charge is -2.29. The lowest BCUT2D eigenvalue weighted by Crippen LogP contribution is -2.32. The number of rotatable bonds is 9. The van der Waals surface area contributed by atoms with E-state index in [1.807, 2.05) is 54.6 Å². The molecule has 0 radical (unpaired) electrons. The molecule has 3 aromatic carbocycles. The van der Waals surface area contributed by atoms with Crippen molar-refractivity contribution in [3.8, 4) is 16.9 Å². The summed E-state index contributed by atoms with van der Waals surface area (Å²) >= 11 is 0. The van der Waals surface area contributed by atoms with Crippen molar-refractivity contribution in [3.05, 3.63) is 89.5 Å². The molecule has 7 heteroatoms. The molecule has 178 valence electrons. The molecule has 0 unspecified atom stereocenters. The fourth-order valence-electron chi connectivity index (χ4n) is 4.22. The SMILES string of the molecule is CS(=O)(=O)Oc1ccc2c(c1)CN(CCCCNC(=O)c1ccc(-c3ccccc3)cc1)CC2. The number of unbranched alkanes of at least 4 members (excludes halogenated alkanes) is 1. The third kappa shape index (κ3) is 6.68. The molecule has 3 aromatic rings. The van der Waals surface area contributed by atoms with Crippen LogP contribution >= 0.6 is 0 Å². The van der Waals surface area contributed by atoms with Gasteiger partial charge in [0.05, 0.1) is 6.26 Å². The molecule has 1 amide bonds.